The number of likely N-dealkylation sites (tertiary alicyclic amines) is 1. The molecule has 4 aromatic rings. The van der Waals surface area contributed by atoms with E-state index in [2.05, 4.69) is 39.3 Å². The quantitative estimate of drug-likeness (QED) is 0.374. The third-order valence-corrected chi connectivity index (χ3v) is 7.11. The van der Waals surface area contributed by atoms with Crippen molar-refractivity contribution < 1.29 is 9.53 Å². The van der Waals surface area contributed by atoms with Crippen LogP contribution in [-0.2, 0) is 4.79 Å². The summed E-state index contributed by atoms with van der Waals surface area (Å²) in [5.41, 5.74) is 4.17. The Bertz CT molecular complexity index is 1560. The van der Waals surface area contributed by atoms with E-state index < -0.39 is 0 Å². The van der Waals surface area contributed by atoms with Crippen molar-refractivity contribution in [1.82, 2.24) is 29.7 Å². The second-order valence-electron chi connectivity index (χ2n) is 10.2. The van der Waals surface area contributed by atoms with Crippen LogP contribution in [0.3, 0.4) is 0 Å². The molecule has 0 aliphatic carbocycles. The van der Waals surface area contributed by atoms with Crippen molar-refractivity contribution in [2.45, 2.75) is 25.7 Å². The normalized spacial score (nSPS) is 14.1. The number of nitrogens with one attached hydrogen (secondary N) is 2. The number of rotatable bonds is 7. The second kappa shape index (κ2) is 11.2. The first-order valence-electron chi connectivity index (χ1n) is 13.0. The first kappa shape index (κ1) is 26.3. The molecule has 0 saturated carbocycles. The number of methoxy groups -OCH3 is 1. The number of aromatic nitrogens is 4. The highest BCUT2D eigenvalue weighted by atomic mass is 16.5. The number of ether oxygens (including phenoxy) is 1. The summed E-state index contributed by atoms with van der Waals surface area (Å²) in [5, 5.41) is 4.57. The monoisotopic (exact) mass is 527 g/mol. The minimum atomic E-state index is -0.227. The molecule has 39 heavy (non-hydrogen) atoms. The summed E-state index contributed by atoms with van der Waals surface area (Å²) in [6.45, 7) is 4.09. The molecule has 10 heteroatoms. The Kier molecular flexibility index (Phi) is 7.56. The lowest BCUT2D eigenvalue weighted by Crippen LogP contribution is -2.42. The van der Waals surface area contributed by atoms with E-state index in [4.69, 9.17) is 9.72 Å². The zero-order valence-electron chi connectivity index (χ0n) is 22.7. The maximum Gasteiger partial charge on any atom is 0.259 e. The van der Waals surface area contributed by atoms with Crippen molar-refractivity contribution in [3.05, 3.63) is 70.4 Å². The van der Waals surface area contributed by atoms with Crippen LogP contribution in [0.4, 0.5) is 11.5 Å². The van der Waals surface area contributed by atoms with E-state index in [9.17, 15) is 9.59 Å². The average molecular weight is 528 g/mol. The van der Waals surface area contributed by atoms with E-state index in [1.807, 2.05) is 42.1 Å². The number of fused-ring (bicyclic) bond motifs is 1. The van der Waals surface area contributed by atoms with Gasteiger partial charge >= 0.3 is 0 Å². The lowest BCUT2D eigenvalue weighted by Gasteiger charge is -2.33. The molecule has 1 saturated heterocycles. The highest BCUT2D eigenvalue weighted by Crippen LogP contribution is 2.33. The van der Waals surface area contributed by atoms with Gasteiger partial charge < -0.3 is 24.8 Å². The Morgan fingerprint density at radius 2 is 1.92 bits per heavy atom. The summed E-state index contributed by atoms with van der Waals surface area (Å²) in [6, 6.07) is 9.91. The molecule has 1 aliphatic rings. The maximum atomic E-state index is 12.8. The number of aryl methyl sites for hydroxylation is 1. The summed E-state index contributed by atoms with van der Waals surface area (Å²) in [6.07, 6.45) is 6.65. The topological polar surface area (TPSA) is 116 Å². The molecule has 2 N–H and O–H groups in total. The molecule has 202 valence electrons. The smallest absolute Gasteiger partial charge is 0.259 e. The Morgan fingerprint density at radius 1 is 1.13 bits per heavy atom. The molecular formula is C29H33N7O3. The van der Waals surface area contributed by atoms with Crippen LogP contribution >= 0.6 is 0 Å². The number of amides is 1. The fraction of sp³-hybridized carbons (Fsp3) is 0.345. The summed E-state index contributed by atoms with van der Waals surface area (Å²) in [4.78, 5) is 45.3. The minimum Gasteiger partial charge on any atom is -0.480 e. The van der Waals surface area contributed by atoms with Crippen LogP contribution in [0.2, 0.25) is 0 Å². The van der Waals surface area contributed by atoms with Gasteiger partial charge in [-0.3, -0.25) is 14.6 Å². The van der Waals surface area contributed by atoms with Crippen molar-refractivity contribution in [1.29, 1.82) is 0 Å². The summed E-state index contributed by atoms with van der Waals surface area (Å²) >= 11 is 0. The zero-order valence-corrected chi connectivity index (χ0v) is 22.7. The minimum absolute atomic E-state index is 0.187. The Hall–Kier alpha value is -4.31. The molecule has 0 bridgehead atoms. The molecule has 1 fully saturated rings. The number of pyridine rings is 2. The predicted molar refractivity (Wildman–Crippen MR) is 152 cm³/mol. The highest BCUT2D eigenvalue weighted by molar-refractivity contribution is 5.95. The number of carbonyl (C=O) groups excluding carboxylic acids is 1. The summed E-state index contributed by atoms with van der Waals surface area (Å²) < 4.78 is 5.22. The summed E-state index contributed by atoms with van der Waals surface area (Å²) in [7, 11) is 5.37. The van der Waals surface area contributed by atoms with Gasteiger partial charge in [-0.1, -0.05) is 6.07 Å². The van der Waals surface area contributed by atoms with Crippen LogP contribution in [0, 0.1) is 6.92 Å². The number of piperidine rings is 1. The van der Waals surface area contributed by atoms with Crippen LogP contribution in [0.1, 0.15) is 29.9 Å². The molecule has 0 spiro atoms. The van der Waals surface area contributed by atoms with Crippen LogP contribution in [0.25, 0.3) is 22.2 Å². The number of nitrogens with zero attached hydrogens (tertiary/aromatic N) is 5. The Morgan fingerprint density at radius 3 is 2.64 bits per heavy atom. The largest absolute Gasteiger partial charge is 0.480 e. The molecular weight excluding hydrogens is 494 g/mol. The molecule has 1 amide bonds. The molecule has 5 rings (SSSR count). The molecule has 10 nitrogen and oxygen atoms in total. The van der Waals surface area contributed by atoms with Crippen molar-refractivity contribution in [3.63, 3.8) is 0 Å². The van der Waals surface area contributed by atoms with Gasteiger partial charge in [-0.2, -0.15) is 0 Å². The Labute approximate surface area is 227 Å². The molecule has 0 atom stereocenters. The number of aromatic amines is 1. The van der Waals surface area contributed by atoms with Gasteiger partial charge in [-0.25, -0.2) is 9.97 Å². The zero-order chi connectivity index (χ0) is 27.5. The number of hydrogen-bond donors (Lipinski definition) is 2. The van der Waals surface area contributed by atoms with Crippen LogP contribution in [0.15, 0.2) is 53.7 Å². The van der Waals surface area contributed by atoms with Gasteiger partial charge in [0.25, 0.3) is 5.56 Å². The van der Waals surface area contributed by atoms with Crippen molar-refractivity contribution in [2.75, 3.05) is 46.2 Å². The fourth-order valence-corrected chi connectivity index (χ4v) is 5.16. The lowest BCUT2D eigenvalue weighted by atomic mass is 9.86. The SMILES string of the molecule is COc1cncc(-c2cc3cc[nH]c(=O)c3c(Nc3ccc(C4CCN(C(=O)CN(C)C)CC4)c(C)c3)n2)n1. The van der Waals surface area contributed by atoms with E-state index in [1.54, 1.807) is 12.4 Å². The van der Waals surface area contributed by atoms with Gasteiger partial charge in [0.2, 0.25) is 11.8 Å². The van der Waals surface area contributed by atoms with Crippen LogP contribution < -0.4 is 15.6 Å². The van der Waals surface area contributed by atoms with E-state index in [0.717, 1.165) is 42.6 Å². The molecule has 3 aromatic heterocycles. The third-order valence-electron chi connectivity index (χ3n) is 7.11. The lowest BCUT2D eigenvalue weighted by molar-refractivity contribution is -0.132. The van der Waals surface area contributed by atoms with Crippen molar-refractivity contribution in [3.8, 4) is 17.3 Å². The van der Waals surface area contributed by atoms with Gasteiger partial charge in [-0.05, 0) is 80.6 Å². The molecule has 1 aliphatic heterocycles. The average Bonchev–Trinajstić information content (AvgIpc) is 2.93. The van der Waals surface area contributed by atoms with E-state index >= 15 is 0 Å². The van der Waals surface area contributed by atoms with Crippen molar-refractivity contribution in [2.24, 2.45) is 0 Å². The number of likely N-dealkylation sites (N-methyl/N-ethyl adjacent to an activating group) is 1. The van der Waals surface area contributed by atoms with E-state index in [1.165, 1.54) is 18.9 Å². The van der Waals surface area contributed by atoms with Crippen molar-refractivity contribution >= 4 is 28.2 Å². The first-order valence-corrected chi connectivity index (χ1v) is 13.0. The third kappa shape index (κ3) is 5.75. The molecule has 1 aromatic carbocycles. The van der Waals surface area contributed by atoms with E-state index in [-0.39, 0.29) is 11.5 Å². The van der Waals surface area contributed by atoms with Crippen LogP contribution in [0.5, 0.6) is 5.88 Å². The fourth-order valence-electron chi connectivity index (χ4n) is 5.16. The number of hydrogen-bond acceptors (Lipinski definition) is 8. The summed E-state index contributed by atoms with van der Waals surface area (Å²) in [5.74, 6) is 1.41. The van der Waals surface area contributed by atoms with Crippen LogP contribution in [-0.4, -0.2) is 76.5 Å². The standard InChI is InChI=1S/C29H33N7O3/c1-18-13-21(5-6-22(18)19-8-11-36(12-9-19)26(37)17-35(2)3)32-28-27-20(7-10-31-29(27)38)14-23(34-28)24-15-30-16-25(33-24)39-4/h5-7,10,13-16,19H,8-9,11-12,17H2,1-4H3,(H,31,38)(H,32,34). The second-order valence-corrected chi connectivity index (χ2v) is 10.2. The number of H-pyrrole nitrogens is 1. The molecule has 4 heterocycles. The Balaban J connectivity index is 1.40. The van der Waals surface area contributed by atoms with Gasteiger partial charge in [0.15, 0.2) is 0 Å². The molecule has 0 unspecified atom stereocenters. The number of anilines is 2. The van der Waals surface area contributed by atoms with Gasteiger partial charge in [0, 0.05) is 25.0 Å². The highest BCUT2D eigenvalue weighted by Gasteiger charge is 2.25. The first-order chi connectivity index (χ1) is 18.8. The number of benzene rings is 1. The predicted octanol–water partition coefficient (Wildman–Crippen LogP) is 3.71. The van der Waals surface area contributed by atoms with E-state index in [0.29, 0.717) is 40.9 Å². The molecule has 0 radical (unpaired) electrons. The van der Waals surface area contributed by atoms with Gasteiger partial charge in [0.05, 0.1) is 37.1 Å². The van der Waals surface area contributed by atoms with Gasteiger partial charge in [-0.15, -0.1) is 0 Å². The maximum absolute atomic E-state index is 12.8. The van der Waals surface area contributed by atoms with Gasteiger partial charge in [0.1, 0.15) is 11.5 Å². The number of carbonyl (C=O) groups is 1.